The molecular formula is C16H18N2O2. The number of carboxylic acids is 1. The SMILES string of the molecule is CCc1ccc(-n2nc(CC(=O)O)cc2C2CC2)cc1. The molecule has 1 aliphatic carbocycles. The third-order valence-electron chi connectivity index (χ3n) is 3.70. The molecular weight excluding hydrogens is 252 g/mol. The lowest BCUT2D eigenvalue weighted by atomic mass is 10.1. The minimum Gasteiger partial charge on any atom is -0.481 e. The van der Waals surface area contributed by atoms with Crippen molar-refractivity contribution in [3.63, 3.8) is 0 Å². The molecule has 0 atom stereocenters. The van der Waals surface area contributed by atoms with Crippen LogP contribution in [0.5, 0.6) is 0 Å². The molecule has 0 bridgehead atoms. The summed E-state index contributed by atoms with van der Waals surface area (Å²) in [5, 5.41) is 13.4. The summed E-state index contributed by atoms with van der Waals surface area (Å²) >= 11 is 0. The molecule has 1 N–H and O–H groups in total. The maximum Gasteiger partial charge on any atom is 0.309 e. The van der Waals surface area contributed by atoms with Crippen molar-refractivity contribution in [1.82, 2.24) is 9.78 Å². The largest absolute Gasteiger partial charge is 0.481 e. The zero-order chi connectivity index (χ0) is 14.1. The molecule has 0 amide bonds. The van der Waals surface area contributed by atoms with Gasteiger partial charge in [0.2, 0.25) is 0 Å². The molecule has 1 saturated carbocycles. The number of carbonyl (C=O) groups is 1. The van der Waals surface area contributed by atoms with Crippen molar-refractivity contribution in [1.29, 1.82) is 0 Å². The molecule has 0 unspecified atom stereocenters. The third kappa shape index (κ3) is 2.59. The van der Waals surface area contributed by atoms with E-state index in [4.69, 9.17) is 5.11 Å². The van der Waals surface area contributed by atoms with Crippen LogP contribution in [-0.2, 0) is 17.6 Å². The van der Waals surface area contributed by atoms with Crippen LogP contribution in [0.2, 0.25) is 0 Å². The molecule has 0 spiro atoms. The topological polar surface area (TPSA) is 55.1 Å². The van der Waals surface area contributed by atoms with E-state index in [-0.39, 0.29) is 6.42 Å². The van der Waals surface area contributed by atoms with Gasteiger partial charge in [-0.15, -0.1) is 0 Å². The minimum atomic E-state index is -0.835. The Balaban J connectivity index is 1.97. The fraction of sp³-hybridized carbons (Fsp3) is 0.375. The first-order valence-corrected chi connectivity index (χ1v) is 7.07. The number of carboxylic acid groups (broad SMARTS) is 1. The Kier molecular flexibility index (Phi) is 3.30. The summed E-state index contributed by atoms with van der Waals surface area (Å²) in [5.41, 5.74) is 4.09. The fourth-order valence-corrected chi connectivity index (χ4v) is 2.44. The predicted octanol–water partition coefficient (Wildman–Crippen LogP) is 2.94. The van der Waals surface area contributed by atoms with Crippen molar-refractivity contribution in [2.45, 2.75) is 38.5 Å². The van der Waals surface area contributed by atoms with E-state index in [0.29, 0.717) is 11.6 Å². The van der Waals surface area contributed by atoms with Crippen LogP contribution in [-0.4, -0.2) is 20.9 Å². The van der Waals surface area contributed by atoms with Gasteiger partial charge in [0.25, 0.3) is 0 Å². The number of nitrogens with zero attached hydrogens (tertiary/aromatic N) is 2. The Morgan fingerprint density at radius 2 is 2.05 bits per heavy atom. The molecule has 2 aromatic rings. The summed E-state index contributed by atoms with van der Waals surface area (Å²) < 4.78 is 1.91. The molecule has 1 heterocycles. The molecule has 0 radical (unpaired) electrons. The van der Waals surface area contributed by atoms with E-state index >= 15 is 0 Å². The van der Waals surface area contributed by atoms with Crippen LogP contribution >= 0.6 is 0 Å². The van der Waals surface area contributed by atoms with Gasteiger partial charge in [0.1, 0.15) is 0 Å². The zero-order valence-electron chi connectivity index (χ0n) is 11.5. The van der Waals surface area contributed by atoms with Gasteiger partial charge in [0.15, 0.2) is 0 Å². The summed E-state index contributed by atoms with van der Waals surface area (Å²) in [4.78, 5) is 10.8. The summed E-state index contributed by atoms with van der Waals surface area (Å²) in [6.45, 7) is 2.13. The summed E-state index contributed by atoms with van der Waals surface area (Å²) in [6.07, 6.45) is 3.34. The number of hydrogen-bond acceptors (Lipinski definition) is 2. The standard InChI is InChI=1S/C16H18N2O2/c1-2-11-3-7-14(8-4-11)18-15(12-5-6-12)9-13(17-18)10-16(19)20/h3-4,7-9,12H,2,5-6,10H2,1H3,(H,19,20). The molecule has 104 valence electrons. The first-order chi connectivity index (χ1) is 9.67. The first kappa shape index (κ1) is 12.9. The van der Waals surface area contributed by atoms with Crippen LogP contribution in [0.1, 0.15) is 42.6 Å². The van der Waals surface area contributed by atoms with Crippen LogP contribution in [0.15, 0.2) is 30.3 Å². The van der Waals surface area contributed by atoms with Crippen LogP contribution in [0.3, 0.4) is 0 Å². The monoisotopic (exact) mass is 270 g/mol. The average Bonchev–Trinajstić information content (AvgIpc) is 3.20. The van der Waals surface area contributed by atoms with E-state index in [1.807, 2.05) is 10.7 Å². The maximum atomic E-state index is 10.8. The zero-order valence-corrected chi connectivity index (χ0v) is 11.5. The van der Waals surface area contributed by atoms with Crippen LogP contribution in [0.4, 0.5) is 0 Å². The van der Waals surface area contributed by atoms with E-state index in [2.05, 4.69) is 36.3 Å². The first-order valence-electron chi connectivity index (χ1n) is 7.07. The predicted molar refractivity (Wildman–Crippen MR) is 76.3 cm³/mol. The van der Waals surface area contributed by atoms with Crippen molar-refractivity contribution < 1.29 is 9.90 Å². The molecule has 0 aliphatic heterocycles. The number of hydrogen-bond donors (Lipinski definition) is 1. The molecule has 1 aliphatic rings. The van der Waals surface area contributed by atoms with Crippen LogP contribution < -0.4 is 0 Å². The Morgan fingerprint density at radius 3 is 2.60 bits per heavy atom. The van der Waals surface area contributed by atoms with E-state index in [1.165, 1.54) is 18.4 Å². The second-order valence-electron chi connectivity index (χ2n) is 5.34. The number of aryl methyl sites for hydroxylation is 1. The summed E-state index contributed by atoms with van der Waals surface area (Å²) in [6, 6.07) is 10.3. The molecule has 1 aromatic heterocycles. The number of aromatic nitrogens is 2. The average molecular weight is 270 g/mol. The normalized spacial score (nSPS) is 14.4. The lowest BCUT2D eigenvalue weighted by Crippen LogP contribution is -2.04. The minimum absolute atomic E-state index is 0.0141. The second-order valence-corrected chi connectivity index (χ2v) is 5.34. The van der Waals surface area contributed by atoms with Crippen molar-refractivity contribution in [2.24, 2.45) is 0 Å². The van der Waals surface area contributed by atoms with Gasteiger partial charge in [0, 0.05) is 11.6 Å². The molecule has 20 heavy (non-hydrogen) atoms. The van der Waals surface area contributed by atoms with Gasteiger partial charge in [-0.1, -0.05) is 19.1 Å². The van der Waals surface area contributed by atoms with Gasteiger partial charge in [-0.2, -0.15) is 5.10 Å². The maximum absolute atomic E-state index is 10.8. The van der Waals surface area contributed by atoms with E-state index < -0.39 is 5.97 Å². The van der Waals surface area contributed by atoms with Crippen molar-refractivity contribution in [3.05, 3.63) is 47.3 Å². The molecule has 4 heteroatoms. The molecule has 1 aromatic carbocycles. The number of aliphatic carboxylic acids is 1. The van der Waals surface area contributed by atoms with Gasteiger partial charge in [-0.05, 0) is 43.0 Å². The van der Waals surface area contributed by atoms with Gasteiger partial charge in [-0.3, -0.25) is 4.79 Å². The third-order valence-corrected chi connectivity index (χ3v) is 3.70. The summed E-state index contributed by atoms with van der Waals surface area (Å²) in [7, 11) is 0. The Morgan fingerprint density at radius 1 is 1.35 bits per heavy atom. The fourth-order valence-electron chi connectivity index (χ4n) is 2.44. The second kappa shape index (κ2) is 5.12. The smallest absolute Gasteiger partial charge is 0.309 e. The van der Waals surface area contributed by atoms with Gasteiger partial charge >= 0.3 is 5.97 Å². The molecule has 4 nitrogen and oxygen atoms in total. The number of rotatable bonds is 5. The van der Waals surface area contributed by atoms with Crippen LogP contribution in [0, 0.1) is 0 Å². The van der Waals surface area contributed by atoms with Gasteiger partial charge < -0.3 is 5.11 Å². The lowest BCUT2D eigenvalue weighted by molar-refractivity contribution is -0.136. The highest BCUT2D eigenvalue weighted by Crippen LogP contribution is 2.41. The van der Waals surface area contributed by atoms with Gasteiger partial charge in [0.05, 0.1) is 17.8 Å². The van der Waals surface area contributed by atoms with Crippen molar-refractivity contribution in [3.8, 4) is 5.69 Å². The van der Waals surface area contributed by atoms with Crippen LogP contribution in [0.25, 0.3) is 5.69 Å². The van der Waals surface area contributed by atoms with E-state index in [1.54, 1.807) is 0 Å². The van der Waals surface area contributed by atoms with Gasteiger partial charge in [-0.25, -0.2) is 4.68 Å². The Hall–Kier alpha value is -2.10. The lowest BCUT2D eigenvalue weighted by Gasteiger charge is -2.07. The van der Waals surface area contributed by atoms with Crippen molar-refractivity contribution >= 4 is 5.97 Å². The van der Waals surface area contributed by atoms with Crippen molar-refractivity contribution in [2.75, 3.05) is 0 Å². The molecule has 3 rings (SSSR count). The quantitative estimate of drug-likeness (QED) is 0.908. The highest BCUT2D eigenvalue weighted by Gasteiger charge is 2.28. The number of benzene rings is 1. The Labute approximate surface area is 118 Å². The van der Waals surface area contributed by atoms with E-state index in [0.717, 1.165) is 17.8 Å². The highest BCUT2D eigenvalue weighted by atomic mass is 16.4. The molecule has 1 fully saturated rings. The molecule has 0 saturated heterocycles. The highest BCUT2D eigenvalue weighted by molar-refractivity contribution is 5.69. The Bertz CT molecular complexity index is 624. The van der Waals surface area contributed by atoms with E-state index in [9.17, 15) is 4.79 Å². The summed E-state index contributed by atoms with van der Waals surface area (Å²) in [5.74, 6) is -0.297.